The average Bonchev–Trinajstić information content (AvgIpc) is 3.07. The topological polar surface area (TPSA) is 100 Å². The van der Waals surface area contributed by atoms with Gasteiger partial charge in [0.2, 0.25) is 11.7 Å². The lowest BCUT2D eigenvalue weighted by Crippen LogP contribution is -2.51. The van der Waals surface area contributed by atoms with Crippen LogP contribution in [0.1, 0.15) is 33.6 Å². The van der Waals surface area contributed by atoms with Crippen molar-refractivity contribution in [2.45, 2.75) is 39.7 Å². The van der Waals surface area contributed by atoms with Crippen molar-refractivity contribution in [3.8, 4) is 0 Å². The molecule has 2 N–H and O–H groups in total. The maximum Gasteiger partial charge on any atom is 0.309 e. The van der Waals surface area contributed by atoms with Crippen molar-refractivity contribution in [1.29, 1.82) is 0 Å². The van der Waals surface area contributed by atoms with Gasteiger partial charge in [-0.3, -0.25) is 14.4 Å². The normalized spacial score (nSPS) is 21.1. The lowest BCUT2D eigenvalue weighted by atomic mass is 9.88. The molecular formula is C19H30N4O4S. The van der Waals surface area contributed by atoms with E-state index in [1.807, 2.05) is 32.7 Å². The van der Waals surface area contributed by atoms with Crippen molar-refractivity contribution < 1.29 is 19.1 Å². The third kappa shape index (κ3) is 6.94. The number of ketones is 1. The number of carbonyl (C=O) groups excluding carboxylic acids is 3. The van der Waals surface area contributed by atoms with Crippen LogP contribution in [0, 0.1) is 11.3 Å². The zero-order valence-electron chi connectivity index (χ0n) is 17.0. The van der Waals surface area contributed by atoms with E-state index in [4.69, 9.17) is 4.74 Å². The molecule has 0 aromatic carbocycles. The first kappa shape index (κ1) is 22.4. The highest BCUT2D eigenvalue weighted by molar-refractivity contribution is 8.14. The molecule has 28 heavy (non-hydrogen) atoms. The lowest BCUT2D eigenvalue weighted by molar-refractivity contribution is -0.141. The Morgan fingerprint density at radius 1 is 1.29 bits per heavy atom. The fourth-order valence-electron chi connectivity index (χ4n) is 2.87. The number of amidine groups is 1. The summed E-state index contributed by atoms with van der Waals surface area (Å²) in [7, 11) is 1.87. The van der Waals surface area contributed by atoms with Crippen LogP contribution in [-0.4, -0.2) is 66.3 Å². The molecule has 2 saturated heterocycles. The minimum atomic E-state index is -0.893. The summed E-state index contributed by atoms with van der Waals surface area (Å²) in [5.41, 5.74) is 2.18. The van der Waals surface area contributed by atoms with E-state index >= 15 is 0 Å². The third-order valence-electron chi connectivity index (χ3n) is 4.51. The number of rotatable bonds is 6. The Labute approximate surface area is 170 Å². The zero-order chi connectivity index (χ0) is 20.7. The summed E-state index contributed by atoms with van der Waals surface area (Å²) < 4.78 is 5.35. The van der Waals surface area contributed by atoms with E-state index in [1.165, 1.54) is 17.8 Å². The number of hydrazone groups is 1. The van der Waals surface area contributed by atoms with Crippen molar-refractivity contribution in [2.24, 2.45) is 16.4 Å². The highest BCUT2D eigenvalue weighted by Gasteiger charge is 2.34. The minimum Gasteiger partial charge on any atom is -0.381 e. The zero-order valence-corrected chi connectivity index (χ0v) is 17.8. The molecule has 2 rings (SSSR count). The number of carbonyl (C=O) groups is 3. The van der Waals surface area contributed by atoms with Gasteiger partial charge in [-0.1, -0.05) is 38.6 Å². The lowest BCUT2D eigenvalue weighted by Gasteiger charge is -2.29. The number of Topliss-reactive ketones (excluding diaryl/α,β-unsaturated/α-hetero) is 1. The van der Waals surface area contributed by atoms with E-state index < -0.39 is 17.7 Å². The Morgan fingerprint density at radius 3 is 2.54 bits per heavy atom. The Morgan fingerprint density at radius 2 is 1.96 bits per heavy atom. The molecule has 2 aliphatic rings. The third-order valence-corrected chi connectivity index (χ3v) is 5.56. The Bertz CT molecular complexity index is 651. The van der Waals surface area contributed by atoms with E-state index in [0.717, 1.165) is 12.3 Å². The molecule has 0 radical (unpaired) electrons. The second kappa shape index (κ2) is 10.1. The van der Waals surface area contributed by atoms with Crippen LogP contribution in [0.25, 0.3) is 0 Å². The number of thioether (sulfide) groups is 1. The first-order chi connectivity index (χ1) is 13.2. The summed E-state index contributed by atoms with van der Waals surface area (Å²) in [5, 5.41) is 7.42. The van der Waals surface area contributed by atoms with Crippen molar-refractivity contribution in [3.63, 3.8) is 0 Å². The summed E-state index contributed by atoms with van der Waals surface area (Å²) in [6.45, 7) is 7.78. The molecule has 8 nitrogen and oxygen atoms in total. The summed E-state index contributed by atoms with van der Waals surface area (Å²) >= 11 is 1.51. The van der Waals surface area contributed by atoms with Gasteiger partial charge in [-0.25, -0.2) is 5.43 Å². The van der Waals surface area contributed by atoms with Gasteiger partial charge in [0.25, 0.3) is 0 Å². The fourth-order valence-corrected chi connectivity index (χ4v) is 3.84. The highest BCUT2D eigenvalue weighted by Crippen LogP contribution is 2.20. The number of nitrogens with zero attached hydrogens (tertiary/aromatic N) is 2. The van der Waals surface area contributed by atoms with Crippen LogP contribution in [0.3, 0.4) is 0 Å². The van der Waals surface area contributed by atoms with Gasteiger partial charge in [0.05, 0.1) is 0 Å². The van der Waals surface area contributed by atoms with Gasteiger partial charge in [-0.05, 0) is 30.3 Å². The highest BCUT2D eigenvalue weighted by atomic mass is 32.2. The van der Waals surface area contributed by atoms with Gasteiger partial charge < -0.3 is 15.0 Å². The molecule has 2 amide bonds. The molecule has 0 aromatic heterocycles. The Kier molecular flexibility index (Phi) is 8.06. The number of ether oxygens (including phenoxy) is 1. The smallest absolute Gasteiger partial charge is 0.309 e. The molecule has 2 heterocycles. The molecule has 0 spiro atoms. The molecule has 2 fully saturated rings. The van der Waals surface area contributed by atoms with E-state index in [2.05, 4.69) is 15.8 Å². The maximum absolute atomic E-state index is 12.8. The van der Waals surface area contributed by atoms with Gasteiger partial charge >= 0.3 is 5.91 Å². The number of allylic oxidation sites excluding steroid dienone is 1. The Balaban J connectivity index is 2.06. The monoisotopic (exact) mass is 410 g/mol. The average molecular weight is 411 g/mol. The molecule has 0 bridgehead atoms. The predicted octanol–water partition coefficient (Wildman–Crippen LogP) is 1.14. The van der Waals surface area contributed by atoms with E-state index in [-0.39, 0.29) is 17.2 Å². The quantitative estimate of drug-likeness (QED) is 0.387. The van der Waals surface area contributed by atoms with Crippen LogP contribution in [0.4, 0.5) is 0 Å². The van der Waals surface area contributed by atoms with Gasteiger partial charge in [0, 0.05) is 32.6 Å². The van der Waals surface area contributed by atoms with Crippen molar-refractivity contribution >= 4 is 34.5 Å². The van der Waals surface area contributed by atoms with E-state index in [1.54, 1.807) is 6.08 Å². The Hall–Kier alpha value is -1.87. The first-order valence-corrected chi connectivity index (χ1v) is 10.5. The van der Waals surface area contributed by atoms with Crippen molar-refractivity contribution in [1.82, 2.24) is 15.6 Å². The second-order valence-electron chi connectivity index (χ2n) is 8.10. The van der Waals surface area contributed by atoms with Crippen LogP contribution in [0.5, 0.6) is 0 Å². The van der Waals surface area contributed by atoms with Gasteiger partial charge in [0.1, 0.15) is 6.04 Å². The molecule has 0 aliphatic carbocycles. The number of hydrogen-bond donors (Lipinski definition) is 2. The molecule has 1 atom stereocenters. The molecule has 9 heteroatoms. The summed E-state index contributed by atoms with van der Waals surface area (Å²) in [6, 6.07) is -0.893. The van der Waals surface area contributed by atoms with Gasteiger partial charge in [-0.2, -0.15) is 0 Å². The largest absolute Gasteiger partial charge is 0.381 e. The molecular weight excluding hydrogens is 380 g/mol. The summed E-state index contributed by atoms with van der Waals surface area (Å²) in [5.74, 6) is -1.13. The van der Waals surface area contributed by atoms with E-state index in [0.29, 0.717) is 31.2 Å². The standard InChI is InChI=1S/C19H30N4O4S/c1-19(2,3)8-5-14(24)20-15(13-6-10-27-11-7-13)16(25)17(26)21-22-18-23(4)9-12-28-18/h5,8,13,15H,6-7,9-12H2,1-4H3,(H,20,24)(H,21,26)/b8-5+,22-18?. The number of nitrogens with one attached hydrogen (secondary N) is 2. The maximum atomic E-state index is 12.8. The van der Waals surface area contributed by atoms with Crippen LogP contribution in [0.15, 0.2) is 17.3 Å². The second-order valence-corrected chi connectivity index (χ2v) is 9.17. The molecule has 2 aliphatic heterocycles. The number of amides is 2. The predicted molar refractivity (Wildman–Crippen MR) is 110 cm³/mol. The minimum absolute atomic E-state index is 0.143. The van der Waals surface area contributed by atoms with E-state index in [9.17, 15) is 14.4 Å². The number of hydrogen-bond acceptors (Lipinski definition) is 6. The fraction of sp³-hybridized carbons (Fsp3) is 0.684. The van der Waals surface area contributed by atoms with Crippen molar-refractivity contribution in [2.75, 3.05) is 32.6 Å². The van der Waals surface area contributed by atoms with Crippen molar-refractivity contribution in [3.05, 3.63) is 12.2 Å². The van der Waals surface area contributed by atoms with Gasteiger partial charge in [-0.15, -0.1) is 5.10 Å². The molecule has 0 aromatic rings. The molecule has 156 valence electrons. The van der Waals surface area contributed by atoms with Crippen LogP contribution in [-0.2, 0) is 19.1 Å². The SMILES string of the molecule is CN1CCSC1=NNC(=O)C(=O)C(NC(=O)/C=C/C(C)(C)C)C1CCOCC1. The van der Waals surface area contributed by atoms with Crippen LogP contribution >= 0.6 is 11.8 Å². The van der Waals surface area contributed by atoms with Gasteiger partial charge in [0.15, 0.2) is 5.17 Å². The van der Waals surface area contributed by atoms with Crippen LogP contribution in [0.2, 0.25) is 0 Å². The molecule has 1 unspecified atom stereocenters. The van der Waals surface area contributed by atoms with Crippen LogP contribution < -0.4 is 10.7 Å². The first-order valence-electron chi connectivity index (χ1n) is 9.50. The summed E-state index contributed by atoms with van der Waals surface area (Å²) in [6.07, 6.45) is 4.41. The summed E-state index contributed by atoms with van der Waals surface area (Å²) in [4.78, 5) is 39.4. The molecule has 0 saturated carbocycles.